The van der Waals surface area contributed by atoms with Gasteiger partial charge in [-0.05, 0) is 43.5 Å². The van der Waals surface area contributed by atoms with Gasteiger partial charge in [-0.2, -0.15) is 8.42 Å². The molecule has 0 radical (unpaired) electrons. The molecule has 3 aromatic carbocycles. The van der Waals surface area contributed by atoms with Gasteiger partial charge in [0.1, 0.15) is 18.5 Å². The molecule has 0 fully saturated rings. The van der Waals surface area contributed by atoms with Crippen molar-refractivity contribution in [3.63, 3.8) is 0 Å². The molecule has 0 amide bonds. The van der Waals surface area contributed by atoms with E-state index in [4.69, 9.17) is 20.5 Å². The molecule has 0 saturated heterocycles. The van der Waals surface area contributed by atoms with Gasteiger partial charge in [-0.15, -0.1) is 0 Å². The Hall–Kier alpha value is -2.34. The first-order chi connectivity index (χ1) is 13.9. The fourth-order valence-electron chi connectivity index (χ4n) is 3.41. The first kappa shape index (κ1) is 20.0. The average Bonchev–Trinajstić information content (AvgIpc) is 2.72. The fraction of sp³-hybridized carbons (Fsp3) is 0.217. The summed E-state index contributed by atoms with van der Waals surface area (Å²) >= 11 is 6.38. The Kier molecular flexibility index (Phi) is 5.63. The maximum atomic E-state index is 12.5. The Balaban J connectivity index is 1.53. The molecule has 29 heavy (non-hydrogen) atoms. The quantitative estimate of drug-likeness (QED) is 0.509. The van der Waals surface area contributed by atoms with Crippen LogP contribution in [0.3, 0.4) is 0 Å². The van der Waals surface area contributed by atoms with E-state index in [0.29, 0.717) is 11.4 Å². The summed E-state index contributed by atoms with van der Waals surface area (Å²) in [5.74, 6) is 0.744. The highest BCUT2D eigenvalue weighted by Crippen LogP contribution is 2.40. The van der Waals surface area contributed by atoms with Crippen LogP contribution in [0.1, 0.15) is 17.5 Å². The van der Waals surface area contributed by atoms with Gasteiger partial charge >= 0.3 is 0 Å². The summed E-state index contributed by atoms with van der Waals surface area (Å²) in [6, 6.07) is 20.2. The smallest absolute Gasteiger partial charge is 0.297 e. The highest BCUT2D eigenvalue weighted by atomic mass is 35.5. The minimum atomic E-state index is -3.82. The number of halogens is 1. The molecule has 1 atom stereocenters. The lowest BCUT2D eigenvalue weighted by Crippen LogP contribution is -2.29. The summed E-state index contributed by atoms with van der Waals surface area (Å²) in [4.78, 5) is 0.149. The molecule has 150 valence electrons. The molecule has 0 bridgehead atoms. The second-order valence-electron chi connectivity index (χ2n) is 7.10. The molecule has 4 rings (SSSR count). The predicted octanol–water partition coefficient (Wildman–Crippen LogP) is 5.41. The van der Waals surface area contributed by atoms with Crippen molar-refractivity contribution < 1.29 is 17.3 Å². The molecular weight excluding hydrogens is 408 g/mol. The van der Waals surface area contributed by atoms with E-state index in [0.717, 1.165) is 34.4 Å². The van der Waals surface area contributed by atoms with Crippen molar-refractivity contribution in [2.24, 2.45) is 0 Å². The lowest BCUT2D eigenvalue weighted by molar-refractivity contribution is 0.113. The molecule has 1 aliphatic heterocycles. The highest BCUT2D eigenvalue weighted by Gasteiger charge is 2.26. The van der Waals surface area contributed by atoms with Crippen LogP contribution >= 0.6 is 11.6 Å². The average molecular weight is 429 g/mol. The number of hydrogen-bond acceptors (Lipinski definition) is 4. The van der Waals surface area contributed by atoms with E-state index in [1.54, 1.807) is 24.3 Å². The van der Waals surface area contributed by atoms with Gasteiger partial charge in [-0.25, -0.2) is 0 Å². The number of hydrogen-bond donors (Lipinski definition) is 0. The number of fused-ring (bicyclic) bond motifs is 1. The molecular formula is C23H21ClO4S. The zero-order valence-corrected chi connectivity index (χ0v) is 17.5. The van der Waals surface area contributed by atoms with Gasteiger partial charge in [-0.3, -0.25) is 4.18 Å². The molecule has 0 N–H and O–H groups in total. The maximum absolute atomic E-state index is 12.5. The van der Waals surface area contributed by atoms with Crippen molar-refractivity contribution in [2.45, 2.75) is 30.8 Å². The summed E-state index contributed by atoms with van der Waals surface area (Å²) in [6.45, 7) is 1.87. The summed E-state index contributed by atoms with van der Waals surface area (Å²) < 4.78 is 36.4. The number of benzene rings is 3. The monoisotopic (exact) mass is 428 g/mol. The van der Waals surface area contributed by atoms with E-state index in [1.165, 1.54) is 0 Å². The van der Waals surface area contributed by atoms with Gasteiger partial charge in [-0.1, -0.05) is 65.7 Å². The molecule has 1 heterocycles. The summed E-state index contributed by atoms with van der Waals surface area (Å²) in [6.07, 6.45) is 1.11. The number of rotatable bonds is 5. The topological polar surface area (TPSA) is 52.6 Å². The van der Waals surface area contributed by atoms with Crippen LogP contribution < -0.4 is 4.74 Å². The standard InChI is InChI=1S/C23H21ClO4S/c1-16-9-13-19(14-10-16)29(25,26)27-15-18-12-11-17-5-4-7-21(23(17)28-18)20-6-2-3-8-22(20)24/h2-10,13-14,18H,11-12,15H2,1H3/t18-/m1/s1. The lowest BCUT2D eigenvalue weighted by atomic mass is 9.96. The van der Waals surface area contributed by atoms with Gasteiger partial charge in [0.05, 0.1) is 4.90 Å². The third kappa shape index (κ3) is 4.32. The van der Waals surface area contributed by atoms with Crippen LogP contribution in [0.25, 0.3) is 11.1 Å². The Morgan fingerprint density at radius 2 is 1.72 bits per heavy atom. The van der Waals surface area contributed by atoms with Crippen LogP contribution in [0.5, 0.6) is 5.75 Å². The number of aryl methyl sites for hydroxylation is 2. The normalized spacial score (nSPS) is 16.1. The van der Waals surface area contributed by atoms with Gasteiger partial charge < -0.3 is 4.74 Å². The largest absolute Gasteiger partial charge is 0.487 e. The third-order valence-electron chi connectivity index (χ3n) is 5.00. The maximum Gasteiger partial charge on any atom is 0.297 e. The second-order valence-corrected chi connectivity index (χ2v) is 9.13. The zero-order valence-electron chi connectivity index (χ0n) is 16.0. The van der Waals surface area contributed by atoms with Gasteiger partial charge in [0.25, 0.3) is 10.1 Å². The molecule has 1 aliphatic rings. The van der Waals surface area contributed by atoms with E-state index in [1.807, 2.05) is 49.4 Å². The Labute approximate surface area is 176 Å². The van der Waals surface area contributed by atoms with Crippen LogP contribution in [0.2, 0.25) is 5.02 Å². The van der Waals surface area contributed by atoms with Crippen molar-refractivity contribution in [2.75, 3.05) is 6.61 Å². The van der Waals surface area contributed by atoms with Crippen LogP contribution in [0.15, 0.2) is 71.6 Å². The van der Waals surface area contributed by atoms with Crippen LogP contribution in [0.4, 0.5) is 0 Å². The molecule has 0 saturated carbocycles. The lowest BCUT2D eigenvalue weighted by Gasteiger charge is -2.28. The van der Waals surface area contributed by atoms with Crippen molar-refractivity contribution in [3.8, 4) is 16.9 Å². The fourth-order valence-corrected chi connectivity index (χ4v) is 4.58. The van der Waals surface area contributed by atoms with Crippen molar-refractivity contribution >= 4 is 21.7 Å². The van der Waals surface area contributed by atoms with Gasteiger partial charge in [0, 0.05) is 16.1 Å². The molecule has 4 nitrogen and oxygen atoms in total. The first-order valence-corrected chi connectivity index (χ1v) is 11.2. The summed E-state index contributed by atoms with van der Waals surface area (Å²) in [7, 11) is -3.82. The van der Waals surface area contributed by atoms with Crippen LogP contribution in [-0.2, 0) is 20.7 Å². The van der Waals surface area contributed by atoms with Gasteiger partial charge in [0.2, 0.25) is 0 Å². The summed E-state index contributed by atoms with van der Waals surface area (Å²) in [5, 5.41) is 0.643. The van der Waals surface area contributed by atoms with Gasteiger partial charge in [0.15, 0.2) is 0 Å². The van der Waals surface area contributed by atoms with Crippen molar-refractivity contribution in [1.82, 2.24) is 0 Å². The second kappa shape index (κ2) is 8.19. The Morgan fingerprint density at radius 1 is 1.00 bits per heavy atom. The number of para-hydroxylation sites is 1. The van der Waals surface area contributed by atoms with E-state index >= 15 is 0 Å². The Morgan fingerprint density at radius 3 is 2.48 bits per heavy atom. The molecule has 0 unspecified atom stereocenters. The molecule has 0 aromatic heterocycles. The molecule has 3 aromatic rings. The molecule has 0 spiro atoms. The van der Waals surface area contributed by atoms with Crippen LogP contribution in [0, 0.1) is 6.92 Å². The van der Waals surface area contributed by atoms with E-state index in [2.05, 4.69) is 0 Å². The molecule has 6 heteroatoms. The minimum Gasteiger partial charge on any atom is -0.487 e. The van der Waals surface area contributed by atoms with Crippen molar-refractivity contribution in [1.29, 1.82) is 0 Å². The van der Waals surface area contributed by atoms with E-state index < -0.39 is 10.1 Å². The van der Waals surface area contributed by atoms with Crippen molar-refractivity contribution in [3.05, 3.63) is 82.9 Å². The summed E-state index contributed by atoms with van der Waals surface area (Å²) in [5.41, 5.74) is 3.86. The van der Waals surface area contributed by atoms with Crippen LogP contribution in [-0.4, -0.2) is 21.1 Å². The van der Waals surface area contributed by atoms with E-state index in [9.17, 15) is 8.42 Å². The van der Waals surface area contributed by atoms with E-state index in [-0.39, 0.29) is 17.6 Å². The minimum absolute atomic E-state index is 0.0352. The predicted molar refractivity (Wildman–Crippen MR) is 114 cm³/mol. The highest BCUT2D eigenvalue weighted by molar-refractivity contribution is 7.86. The number of ether oxygens (including phenoxy) is 1. The zero-order chi connectivity index (χ0) is 20.4. The molecule has 0 aliphatic carbocycles. The third-order valence-corrected chi connectivity index (χ3v) is 6.63. The first-order valence-electron chi connectivity index (χ1n) is 9.43. The Bertz CT molecular complexity index is 1120. The SMILES string of the molecule is Cc1ccc(S(=O)(=O)OC[C@H]2CCc3cccc(-c4ccccc4Cl)c3O2)cc1.